The summed E-state index contributed by atoms with van der Waals surface area (Å²) >= 11 is 0. The van der Waals surface area contributed by atoms with Gasteiger partial charge in [-0.1, -0.05) is 30.3 Å². The first-order valence-electron chi connectivity index (χ1n) is 11.4. The Morgan fingerprint density at radius 3 is 2.76 bits per heavy atom. The summed E-state index contributed by atoms with van der Waals surface area (Å²) in [4.78, 5) is 29.8. The summed E-state index contributed by atoms with van der Waals surface area (Å²) in [5, 5.41) is 4.19. The SMILES string of the molecule is CCc1cccc(C)c1N1CC(C(=O)N2CCc3c(noc3-c3ccc(F)cc3)C2)CC1=O. The molecule has 1 saturated heterocycles. The van der Waals surface area contributed by atoms with E-state index in [1.807, 2.05) is 25.1 Å². The molecule has 3 heterocycles. The van der Waals surface area contributed by atoms with Crippen LogP contribution in [0.4, 0.5) is 10.1 Å². The van der Waals surface area contributed by atoms with E-state index in [9.17, 15) is 14.0 Å². The van der Waals surface area contributed by atoms with E-state index in [1.165, 1.54) is 12.1 Å². The Kier molecular flexibility index (Phi) is 5.48. The van der Waals surface area contributed by atoms with Crippen molar-refractivity contribution in [2.45, 2.75) is 39.7 Å². The normalized spacial score (nSPS) is 18.0. The molecule has 0 radical (unpaired) electrons. The van der Waals surface area contributed by atoms with Crippen molar-refractivity contribution in [1.29, 1.82) is 0 Å². The van der Waals surface area contributed by atoms with E-state index in [0.717, 1.165) is 40.1 Å². The number of benzene rings is 2. The van der Waals surface area contributed by atoms with Gasteiger partial charge in [0.15, 0.2) is 5.76 Å². The monoisotopic (exact) mass is 447 g/mol. The highest BCUT2D eigenvalue weighted by molar-refractivity contribution is 6.01. The van der Waals surface area contributed by atoms with Gasteiger partial charge in [0.2, 0.25) is 11.8 Å². The third-order valence-electron chi connectivity index (χ3n) is 6.71. The number of fused-ring (bicyclic) bond motifs is 1. The van der Waals surface area contributed by atoms with E-state index in [4.69, 9.17) is 4.52 Å². The molecule has 5 rings (SSSR count). The maximum absolute atomic E-state index is 13.3. The van der Waals surface area contributed by atoms with Gasteiger partial charge < -0.3 is 14.3 Å². The topological polar surface area (TPSA) is 66.7 Å². The van der Waals surface area contributed by atoms with Gasteiger partial charge in [0.1, 0.15) is 11.5 Å². The second-order valence-corrected chi connectivity index (χ2v) is 8.80. The van der Waals surface area contributed by atoms with Crippen molar-refractivity contribution in [3.8, 4) is 11.3 Å². The number of nitrogens with zero attached hydrogens (tertiary/aromatic N) is 3. The average Bonchev–Trinajstić information content (AvgIpc) is 3.42. The van der Waals surface area contributed by atoms with Gasteiger partial charge in [0.05, 0.1) is 12.5 Å². The van der Waals surface area contributed by atoms with Crippen LogP contribution in [0.25, 0.3) is 11.3 Å². The molecular formula is C26H26FN3O3. The fourth-order valence-electron chi connectivity index (χ4n) is 4.99. The van der Waals surface area contributed by atoms with Crippen LogP contribution in [0.5, 0.6) is 0 Å². The predicted octanol–water partition coefficient (Wildman–Crippen LogP) is 4.29. The van der Waals surface area contributed by atoms with E-state index in [2.05, 4.69) is 12.1 Å². The maximum atomic E-state index is 13.3. The Labute approximate surface area is 192 Å². The maximum Gasteiger partial charge on any atom is 0.228 e. The Morgan fingerprint density at radius 1 is 1.21 bits per heavy atom. The smallest absolute Gasteiger partial charge is 0.228 e. The summed E-state index contributed by atoms with van der Waals surface area (Å²) in [7, 11) is 0. The highest BCUT2D eigenvalue weighted by Crippen LogP contribution is 2.34. The number of carbonyl (C=O) groups is 2. The number of para-hydroxylation sites is 1. The average molecular weight is 448 g/mol. The Balaban J connectivity index is 1.32. The Bertz CT molecular complexity index is 1220. The summed E-state index contributed by atoms with van der Waals surface area (Å²) in [6.07, 6.45) is 1.66. The molecule has 7 heteroatoms. The summed E-state index contributed by atoms with van der Waals surface area (Å²) in [5.41, 5.74) is 5.57. The first-order valence-corrected chi connectivity index (χ1v) is 11.4. The third kappa shape index (κ3) is 3.81. The van der Waals surface area contributed by atoms with Gasteiger partial charge in [-0.05, 0) is 55.2 Å². The van der Waals surface area contributed by atoms with Crippen molar-refractivity contribution in [3.63, 3.8) is 0 Å². The van der Waals surface area contributed by atoms with Crippen LogP contribution in [-0.4, -0.2) is 35.0 Å². The van der Waals surface area contributed by atoms with E-state index in [1.54, 1.807) is 21.9 Å². The molecule has 170 valence electrons. The molecule has 0 spiro atoms. The fourth-order valence-corrected chi connectivity index (χ4v) is 4.99. The van der Waals surface area contributed by atoms with Gasteiger partial charge in [-0.25, -0.2) is 4.39 Å². The highest BCUT2D eigenvalue weighted by Gasteiger charge is 2.39. The van der Waals surface area contributed by atoms with Crippen LogP contribution in [0.3, 0.4) is 0 Å². The molecule has 0 aliphatic carbocycles. The number of aryl methyl sites for hydroxylation is 2. The minimum Gasteiger partial charge on any atom is -0.356 e. The Morgan fingerprint density at radius 2 is 2.00 bits per heavy atom. The number of rotatable bonds is 4. The molecule has 1 unspecified atom stereocenters. The Hall–Kier alpha value is -3.48. The van der Waals surface area contributed by atoms with Gasteiger partial charge in [-0.2, -0.15) is 0 Å². The summed E-state index contributed by atoms with van der Waals surface area (Å²) in [5.74, 6) is -0.0665. The molecule has 1 fully saturated rings. The zero-order valence-corrected chi connectivity index (χ0v) is 18.8. The van der Waals surface area contributed by atoms with Crippen LogP contribution in [0.2, 0.25) is 0 Å². The summed E-state index contributed by atoms with van der Waals surface area (Å²) < 4.78 is 18.8. The molecule has 2 amide bonds. The standard InChI is InChI=1S/C26H26FN3O3/c1-3-17-6-4-5-16(2)24(17)30-14-19(13-23(30)31)26(32)29-12-11-21-22(15-29)28-33-25(21)18-7-9-20(27)10-8-18/h4-10,19H,3,11-15H2,1-2H3. The van der Waals surface area contributed by atoms with Gasteiger partial charge in [0, 0.05) is 36.3 Å². The van der Waals surface area contributed by atoms with E-state index >= 15 is 0 Å². The van der Waals surface area contributed by atoms with Gasteiger partial charge in [-0.3, -0.25) is 9.59 Å². The second-order valence-electron chi connectivity index (χ2n) is 8.80. The first kappa shape index (κ1) is 21.4. The second kappa shape index (κ2) is 8.46. The summed E-state index contributed by atoms with van der Waals surface area (Å²) in [6, 6.07) is 12.2. The number of hydrogen-bond donors (Lipinski definition) is 0. The van der Waals surface area contributed by atoms with Crippen LogP contribution >= 0.6 is 0 Å². The minimum absolute atomic E-state index is 0.00455. The van der Waals surface area contributed by atoms with Crippen molar-refractivity contribution in [2.24, 2.45) is 5.92 Å². The quantitative estimate of drug-likeness (QED) is 0.599. The highest BCUT2D eigenvalue weighted by atomic mass is 19.1. The van der Waals surface area contributed by atoms with Crippen molar-refractivity contribution in [1.82, 2.24) is 10.1 Å². The molecule has 0 bridgehead atoms. The van der Waals surface area contributed by atoms with Crippen LogP contribution in [0, 0.1) is 18.7 Å². The molecule has 1 atom stereocenters. The molecule has 2 aliphatic heterocycles. The van der Waals surface area contributed by atoms with Crippen molar-refractivity contribution < 1.29 is 18.5 Å². The van der Waals surface area contributed by atoms with Crippen LogP contribution in [0.1, 0.15) is 35.7 Å². The molecule has 2 aromatic carbocycles. The lowest BCUT2D eigenvalue weighted by atomic mass is 9.99. The van der Waals surface area contributed by atoms with Gasteiger partial charge in [-0.15, -0.1) is 0 Å². The van der Waals surface area contributed by atoms with E-state index in [0.29, 0.717) is 31.8 Å². The lowest BCUT2D eigenvalue weighted by Gasteiger charge is -2.28. The first-order chi connectivity index (χ1) is 16.0. The molecule has 6 nitrogen and oxygen atoms in total. The largest absolute Gasteiger partial charge is 0.356 e. The van der Waals surface area contributed by atoms with E-state index < -0.39 is 0 Å². The summed E-state index contributed by atoms with van der Waals surface area (Å²) in [6.45, 7) is 5.38. The molecule has 3 aromatic rings. The number of anilines is 1. The predicted molar refractivity (Wildman–Crippen MR) is 122 cm³/mol. The number of amides is 2. The lowest BCUT2D eigenvalue weighted by molar-refractivity contribution is -0.136. The van der Waals surface area contributed by atoms with Crippen LogP contribution in [0.15, 0.2) is 47.0 Å². The minimum atomic E-state index is -0.369. The lowest BCUT2D eigenvalue weighted by Crippen LogP contribution is -2.40. The fraction of sp³-hybridized carbons (Fsp3) is 0.346. The van der Waals surface area contributed by atoms with Crippen LogP contribution in [-0.2, 0) is 29.0 Å². The van der Waals surface area contributed by atoms with Gasteiger partial charge >= 0.3 is 0 Å². The number of aromatic nitrogens is 1. The molecule has 0 saturated carbocycles. The molecule has 33 heavy (non-hydrogen) atoms. The third-order valence-corrected chi connectivity index (χ3v) is 6.71. The molecule has 2 aliphatic rings. The van der Waals surface area contributed by atoms with Crippen molar-refractivity contribution in [3.05, 3.63) is 70.7 Å². The zero-order valence-electron chi connectivity index (χ0n) is 18.8. The molecular weight excluding hydrogens is 421 g/mol. The van der Waals surface area contributed by atoms with Gasteiger partial charge in [0.25, 0.3) is 0 Å². The molecule has 1 aromatic heterocycles. The van der Waals surface area contributed by atoms with E-state index in [-0.39, 0.29) is 30.0 Å². The number of hydrogen-bond acceptors (Lipinski definition) is 4. The van der Waals surface area contributed by atoms with Crippen molar-refractivity contribution in [2.75, 3.05) is 18.0 Å². The van der Waals surface area contributed by atoms with Crippen molar-refractivity contribution >= 4 is 17.5 Å². The number of halogens is 1. The molecule has 0 N–H and O–H groups in total. The number of carbonyl (C=O) groups excluding carboxylic acids is 2. The zero-order chi connectivity index (χ0) is 23.1. The van der Waals surface area contributed by atoms with Crippen LogP contribution < -0.4 is 4.90 Å².